The number of benzene rings is 2. The summed E-state index contributed by atoms with van der Waals surface area (Å²) in [5, 5.41) is 10.9. The smallest absolute Gasteiger partial charge is 0.165 e. The van der Waals surface area contributed by atoms with E-state index in [0.717, 1.165) is 16.7 Å². The number of hydrogen-bond acceptors (Lipinski definition) is 4. The molecule has 2 aromatic rings. The molecule has 1 N–H and O–H groups in total. The van der Waals surface area contributed by atoms with Crippen LogP contribution in [-0.2, 0) is 6.54 Å². The molecule has 116 valence electrons. The molecule has 0 amide bonds. The van der Waals surface area contributed by atoms with Gasteiger partial charge in [0.25, 0.3) is 0 Å². The second kappa shape index (κ2) is 5.99. The summed E-state index contributed by atoms with van der Waals surface area (Å²) in [6, 6.07) is 13.8. The van der Waals surface area contributed by atoms with Crippen molar-refractivity contribution >= 4 is 0 Å². The molecule has 0 aliphatic carbocycles. The van der Waals surface area contributed by atoms with E-state index in [4.69, 9.17) is 9.47 Å². The molecule has 3 rings (SSSR count). The summed E-state index contributed by atoms with van der Waals surface area (Å²) < 4.78 is 10.9. The molecular formula is C18H21NO3. The van der Waals surface area contributed by atoms with Gasteiger partial charge in [0.1, 0.15) is 0 Å². The van der Waals surface area contributed by atoms with Gasteiger partial charge in [-0.3, -0.25) is 4.90 Å². The Morgan fingerprint density at radius 3 is 2.41 bits per heavy atom. The second-order valence-electron chi connectivity index (χ2n) is 5.58. The van der Waals surface area contributed by atoms with Crippen LogP contribution in [0, 0.1) is 0 Å². The van der Waals surface area contributed by atoms with Crippen LogP contribution in [0.2, 0.25) is 0 Å². The molecule has 1 heterocycles. The molecule has 1 aliphatic rings. The molecule has 0 radical (unpaired) electrons. The number of aliphatic hydroxyl groups excluding tert-OH is 1. The van der Waals surface area contributed by atoms with E-state index in [2.05, 4.69) is 17.0 Å². The number of likely N-dealkylation sites (N-methyl/N-ethyl adjacent to an activating group) is 1. The van der Waals surface area contributed by atoms with E-state index >= 15 is 0 Å². The summed E-state index contributed by atoms with van der Waals surface area (Å²) in [5.74, 6) is 1.40. The Morgan fingerprint density at radius 1 is 1.05 bits per heavy atom. The van der Waals surface area contributed by atoms with Crippen molar-refractivity contribution in [3.05, 3.63) is 59.2 Å². The van der Waals surface area contributed by atoms with Gasteiger partial charge in [0.15, 0.2) is 11.5 Å². The third-order valence-electron chi connectivity index (χ3n) is 4.33. The van der Waals surface area contributed by atoms with E-state index in [9.17, 15) is 5.11 Å². The third kappa shape index (κ3) is 2.34. The van der Waals surface area contributed by atoms with Crippen molar-refractivity contribution in [2.45, 2.75) is 18.7 Å². The fraction of sp³-hybridized carbons (Fsp3) is 0.333. The van der Waals surface area contributed by atoms with Crippen molar-refractivity contribution in [2.75, 3.05) is 21.3 Å². The summed E-state index contributed by atoms with van der Waals surface area (Å²) in [4.78, 5) is 2.14. The van der Waals surface area contributed by atoms with Gasteiger partial charge in [0, 0.05) is 12.1 Å². The van der Waals surface area contributed by atoms with Crippen molar-refractivity contribution in [2.24, 2.45) is 0 Å². The fourth-order valence-electron chi connectivity index (χ4n) is 3.29. The zero-order valence-electron chi connectivity index (χ0n) is 13.1. The van der Waals surface area contributed by atoms with Gasteiger partial charge in [0.2, 0.25) is 0 Å². The summed E-state index contributed by atoms with van der Waals surface area (Å²) in [7, 11) is 5.27. The molecule has 1 aliphatic heterocycles. The molecule has 4 heteroatoms. The lowest BCUT2D eigenvalue weighted by molar-refractivity contribution is 0.0413. The van der Waals surface area contributed by atoms with Crippen LogP contribution in [0.15, 0.2) is 42.5 Å². The number of ether oxygens (including phenoxy) is 2. The Hall–Kier alpha value is -2.04. The number of fused-ring (bicyclic) bond motifs is 1. The lowest BCUT2D eigenvalue weighted by atomic mass is 9.87. The maximum absolute atomic E-state index is 10.9. The number of rotatable bonds is 3. The average molecular weight is 299 g/mol. The average Bonchev–Trinajstić information content (AvgIpc) is 2.54. The van der Waals surface area contributed by atoms with Crippen LogP contribution in [-0.4, -0.2) is 31.3 Å². The molecule has 0 unspecified atom stereocenters. The van der Waals surface area contributed by atoms with E-state index < -0.39 is 6.10 Å². The normalized spacial score (nSPS) is 21.3. The molecule has 2 aromatic carbocycles. The van der Waals surface area contributed by atoms with Gasteiger partial charge in [-0.1, -0.05) is 36.4 Å². The Bertz CT molecular complexity index is 657. The first-order chi connectivity index (χ1) is 10.7. The molecule has 4 nitrogen and oxygen atoms in total. The highest BCUT2D eigenvalue weighted by Gasteiger charge is 2.35. The first-order valence-electron chi connectivity index (χ1n) is 7.34. The second-order valence-corrected chi connectivity index (χ2v) is 5.58. The van der Waals surface area contributed by atoms with Crippen molar-refractivity contribution in [1.82, 2.24) is 4.90 Å². The topological polar surface area (TPSA) is 41.9 Å². The number of hydrogen-bond donors (Lipinski definition) is 1. The van der Waals surface area contributed by atoms with Gasteiger partial charge in [-0.05, 0) is 24.2 Å². The van der Waals surface area contributed by atoms with Crippen LogP contribution in [0.4, 0.5) is 0 Å². The van der Waals surface area contributed by atoms with Crippen molar-refractivity contribution in [3.63, 3.8) is 0 Å². The van der Waals surface area contributed by atoms with Crippen molar-refractivity contribution in [3.8, 4) is 11.5 Å². The van der Waals surface area contributed by atoms with Crippen molar-refractivity contribution < 1.29 is 14.6 Å². The highest BCUT2D eigenvalue weighted by Crippen LogP contribution is 2.45. The predicted octanol–water partition coefficient (Wildman–Crippen LogP) is 2.92. The van der Waals surface area contributed by atoms with Gasteiger partial charge < -0.3 is 14.6 Å². The molecule has 2 atom stereocenters. The molecule has 0 fully saturated rings. The third-order valence-corrected chi connectivity index (χ3v) is 4.33. The molecule has 0 spiro atoms. The first kappa shape index (κ1) is 14.9. The zero-order chi connectivity index (χ0) is 15.7. The predicted molar refractivity (Wildman–Crippen MR) is 85.2 cm³/mol. The molecular weight excluding hydrogens is 278 g/mol. The summed E-state index contributed by atoms with van der Waals surface area (Å²) in [5.41, 5.74) is 3.01. The highest BCUT2D eigenvalue weighted by molar-refractivity contribution is 5.53. The Kier molecular flexibility index (Phi) is 4.05. The van der Waals surface area contributed by atoms with Crippen LogP contribution in [0.25, 0.3) is 0 Å². The Balaban J connectivity index is 2.07. The largest absolute Gasteiger partial charge is 0.493 e. The molecule has 0 aromatic heterocycles. The van der Waals surface area contributed by atoms with Gasteiger partial charge in [-0.15, -0.1) is 0 Å². The van der Waals surface area contributed by atoms with Gasteiger partial charge >= 0.3 is 0 Å². The minimum absolute atomic E-state index is 0.0631. The Morgan fingerprint density at radius 2 is 1.77 bits per heavy atom. The summed E-state index contributed by atoms with van der Waals surface area (Å²) in [6.45, 7) is 0.701. The molecule has 0 saturated heterocycles. The number of nitrogens with zero attached hydrogens (tertiary/aromatic N) is 1. The first-order valence-corrected chi connectivity index (χ1v) is 7.34. The standard InChI is InChI=1S/C18H21NO3/c1-19-11-14-13(9-10-15(21-2)18(14)22-3)17(20)16(19)12-7-5-4-6-8-12/h4-10,16-17,20H,11H2,1-3H3/t16-,17-/m0/s1. The number of methoxy groups -OCH3 is 2. The van der Waals surface area contributed by atoms with Crippen LogP contribution >= 0.6 is 0 Å². The zero-order valence-corrected chi connectivity index (χ0v) is 13.1. The van der Waals surface area contributed by atoms with Crippen LogP contribution in [0.3, 0.4) is 0 Å². The SMILES string of the molecule is COc1ccc2c(c1OC)CN(C)[C@@H](c1ccccc1)[C@H]2O. The quantitative estimate of drug-likeness (QED) is 0.946. The van der Waals surface area contributed by atoms with E-state index in [1.165, 1.54) is 0 Å². The Labute approximate surface area is 130 Å². The minimum Gasteiger partial charge on any atom is -0.493 e. The van der Waals surface area contributed by atoms with Gasteiger partial charge in [-0.25, -0.2) is 0 Å². The van der Waals surface area contributed by atoms with E-state index in [1.807, 2.05) is 37.4 Å². The summed E-state index contributed by atoms with van der Waals surface area (Å²) in [6.07, 6.45) is -0.601. The molecule has 22 heavy (non-hydrogen) atoms. The van der Waals surface area contributed by atoms with Crippen LogP contribution in [0.1, 0.15) is 28.8 Å². The van der Waals surface area contributed by atoms with E-state index in [1.54, 1.807) is 14.2 Å². The fourth-order valence-corrected chi connectivity index (χ4v) is 3.29. The van der Waals surface area contributed by atoms with Gasteiger partial charge in [-0.2, -0.15) is 0 Å². The lowest BCUT2D eigenvalue weighted by Gasteiger charge is -2.39. The van der Waals surface area contributed by atoms with Crippen molar-refractivity contribution in [1.29, 1.82) is 0 Å². The van der Waals surface area contributed by atoms with Gasteiger partial charge in [0.05, 0.1) is 26.4 Å². The van der Waals surface area contributed by atoms with Crippen LogP contribution < -0.4 is 9.47 Å². The molecule has 0 bridgehead atoms. The molecule has 0 saturated carbocycles. The maximum Gasteiger partial charge on any atom is 0.165 e. The van der Waals surface area contributed by atoms with Crippen LogP contribution in [0.5, 0.6) is 11.5 Å². The monoisotopic (exact) mass is 299 g/mol. The van der Waals surface area contributed by atoms with E-state index in [0.29, 0.717) is 18.0 Å². The maximum atomic E-state index is 10.9. The van der Waals surface area contributed by atoms with E-state index in [-0.39, 0.29) is 6.04 Å². The summed E-state index contributed by atoms with van der Waals surface area (Å²) >= 11 is 0. The minimum atomic E-state index is -0.601. The highest BCUT2D eigenvalue weighted by atomic mass is 16.5. The number of aliphatic hydroxyl groups is 1. The lowest BCUT2D eigenvalue weighted by Crippen LogP contribution is -2.34.